The van der Waals surface area contributed by atoms with Crippen LogP contribution in [0.3, 0.4) is 0 Å². The van der Waals surface area contributed by atoms with Gasteiger partial charge in [-0.2, -0.15) is 0 Å². The minimum Gasteiger partial charge on any atom is -0.481 e. The molecule has 1 heterocycles. The molecular weight excluding hydrogens is 357 g/mol. The lowest BCUT2D eigenvalue weighted by atomic mass is 9.74. The van der Waals surface area contributed by atoms with Crippen LogP contribution in [0.1, 0.15) is 47.3 Å². The van der Waals surface area contributed by atoms with Crippen LogP contribution in [0.4, 0.5) is 4.39 Å². The van der Waals surface area contributed by atoms with Gasteiger partial charge in [0, 0.05) is 29.3 Å². The van der Waals surface area contributed by atoms with Gasteiger partial charge in [0.2, 0.25) is 0 Å². The summed E-state index contributed by atoms with van der Waals surface area (Å²) >= 11 is 1.20. The molecule has 5 nitrogen and oxygen atoms in total. The SMILES string of the molecule is COCc1c(C(=O)NCC2(C(=O)O)CCCCC2)sc2cccc(F)c12. The number of halogens is 1. The van der Waals surface area contributed by atoms with Crippen LogP contribution in [-0.2, 0) is 16.1 Å². The molecule has 2 N–H and O–H groups in total. The Morgan fingerprint density at radius 2 is 2.04 bits per heavy atom. The molecule has 26 heavy (non-hydrogen) atoms. The molecule has 1 amide bonds. The smallest absolute Gasteiger partial charge is 0.311 e. The molecule has 0 saturated heterocycles. The standard InChI is InChI=1S/C19H22FNO4S/c1-25-10-12-15-13(20)6-5-7-14(15)26-16(12)17(22)21-11-19(18(23)24)8-3-2-4-9-19/h5-7H,2-4,8-11H2,1H3,(H,21,22)(H,23,24). The number of aliphatic carboxylic acids is 1. The second kappa shape index (κ2) is 7.72. The number of carbonyl (C=O) groups is 2. The number of carboxylic acids is 1. The summed E-state index contributed by atoms with van der Waals surface area (Å²) in [6.45, 7) is 0.206. The van der Waals surface area contributed by atoms with Crippen molar-refractivity contribution in [2.24, 2.45) is 5.41 Å². The normalized spacial score (nSPS) is 16.5. The third kappa shape index (κ3) is 3.46. The summed E-state index contributed by atoms with van der Waals surface area (Å²) in [5.41, 5.74) is -0.395. The molecule has 0 spiro atoms. The lowest BCUT2D eigenvalue weighted by Gasteiger charge is -2.33. The van der Waals surface area contributed by atoms with Crippen LogP contribution in [0, 0.1) is 11.2 Å². The summed E-state index contributed by atoms with van der Waals surface area (Å²) in [5, 5.41) is 12.8. The molecule has 1 aromatic heterocycles. The molecule has 140 valence electrons. The number of methoxy groups -OCH3 is 1. The van der Waals surface area contributed by atoms with Gasteiger partial charge in [-0.15, -0.1) is 11.3 Å². The average Bonchev–Trinajstić information content (AvgIpc) is 3.01. The molecule has 0 bridgehead atoms. The highest BCUT2D eigenvalue weighted by atomic mass is 32.1. The van der Waals surface area contributed by atoms with Crippen molar-refractivity contribution in [3.05, 3.63) is 34.5 Å². The largest absolute Gasteiger partial charge is 0.481 e. The molecule has 1 saturated carbocycles. The second-order valence-corrected chi connectivity index (χ2v) is 7.84. The molecule has 7 heteroatoms. The van der Waals surface area contributed by atoms with Gasteiger partial charge in [0.15, 0.2) is 0 Å². The van der Waals surface area contributed by atoms with Gasteiger partial charge in [-0.05, 0) is 25.0 Å². The monoisotopic (exact) mass is 379 g/mol. The van der Waals surface area contributed by atoms with E-state index in [1.165, 1.54) is 24.5 Å². The number of rotatable bonds is 6. The minimum atomic E-state index is -0.905. The Kier molecular flexibility index (Phi) is 5.58. The van der Waals surface area contributed by atoms with Crippen molar-refractivity contribution in [2.45, 2.75) is 38.7 Å². The van der Waals surface area contributed by atoms with Gasteiger partial charge in [0.1, 0.15) is 5.82 Å². The van der Waals surface area contributed by atoms with E-state index in [-0.39, 0.29) is 24.9 Å². The Bertz CT molecular complexity index is 826. The first kappa shape index (κ1) is 18.8. The molecule has 1 aromatic carbocycles. The molecule has 1 fully saturated rings. The highest BCUT2D eigenvalue weighted by Gasteiger charge is 2.40. The van der Waals surface area contributed by atoms with Crippen LogP contribution in [0.5, 0.6) is 0 Å². The Morgan fingerprint density at radius 1 is 1.31 bits per heavy atom. The van der Waals surface area contributed by atoms with E-state index in [1.54, 1.807) is 12.1 Å². The zero-order valence-corrected chi connectivity index (χ0v) is 15.5. The average molecular weight is 379 g/mol. The molecule has 1 aliphatic carbocycles. The van der Waals surface area contributed by atoms with Crippen molar-refractivity contribution >= 4 is 33.3 Å². The predicted octanol–water partition coefficient (Wildman–Crippen LogP) is 3.95. The molecule has 0 aliphatic heterocycles. The molecule has 1 aliphatic rings. The maximum absolute atomic E-state index is 14.2. The van der Waals surface area contributed by atoms with Crippen molar-refractivity contribution in [2.75, 3.05) is 13.7 Å². The number of amides is 1. The summed E-state index contributed by atoms with van der Waals surface area (Å²) in [6.07, 6.45) is 3.86. The number of carbonyl (C=O) groups excluding carboxylic acids is 1. The summed E-state index contributed by atoms with van der Waals surface area (Å²) < 4.78 is 20.1. The number of thiophene rings is 1. The molecular formula is C19H22FNO4S. The van der Waals surface area contributed by atoms with Crippen LogP contribution in [0.2, 0.25) is 0 Å². The topological polar surface area (TPSA) is 75.6 Å². The number of hydrogen-bond acceptors (Lipinski definition) is 4. The van der Waals surface area contributed by atoms with Crippen molar-refractivity contribution in [1.29, 1.82) is 0 Å². The summed E-state index contributed by atoms with van der Waals surface area (Å²) in [6, 6.07) is 4.73. The summed E-state index contributed by atoms with van der Waals surface area (Å²) in [7, 11) is 1.49. The van der Waals surface area contributed by atoms with Gasteiger partial charge in [0.05, 0.1) is 16.9 Å². The third-order valence-corrected chi connectivity index (χ3v) is 6.31. The first-order valence-electron chi connectivity index (χ1n) is 8.69. The van der Waals surface area contributed by atoms with E-state index >= 15 is 0 Å². The zero-order chi connectivity index (χ0) is 18.7. The predicted molar refractivity (Wildman–Crippen MR) is 98.0 cm³/mol. The van der Waals surface area contributed by atoms with E-state index in [0.29, 0.717) is 33.4 Å². The van der Waals surface area contributed by atoms with Gasteiger partial charge in [-0.25, -0.2) is 4.39 Å². The van der Waals surface area contributed by atoms with Crippen LogP contribution in [0.25, 0.3) is 10.1 Å². The minimum absolute atomic E-state index is 0.0876. The van der Waals surface area contributed by atoms with E-state index in [1.807, 2.05) is 0 Å². The fraction of sp³-hybridized carbons (Fsp3) is 0.474. The fourth-order valence-corrected chi connectivity index (χ4v) is 4.80. The lowest BCUT2D eigenvalue weighted by Crippen LogP contribution is -2.44. The van der Waals surface area contributed by atoms with Crippen molar-refractivity contribution in [3.63, 3.8) is 0 Å². The Hall–Kier alpha value is -1.99. The Balaban J connectivity index is 1.86. The quantitative estimate of drug-likeness (QED) is 0.797. The molecule has 0 radical (unpaired) electrons. The lowest BCUT2D eigenvalue weighted by molar-refractivity contribution is -0.150. The maximum atomic E-state index is 14.2. The number of fused-ring (bicyclic) bond motifs is 1. The molecule has 0 unspecified atom stereocenters. The van der Waals surface area contributed by atoms with Crippen molar-refractivity contribution < 1.29 is 23.8 Å². The van der Waals surface area contributed by atoms with Crippen molar-refractivity contribution in [3.8, 4) is 0 Å². The van der Waals surface area contributed by atoms with E-state index in [4.69, 9.17) is 4.74 Å². The van der Waals surface area contributed by atoms with Crippen LogP contribution >= 0.6 is 11.3 Å². The fourth-order valence-electron chi connectivity index (χ4n) is 3.66. The van der Waals surface area contributed by atoms with Gasteiger partial charge in [-0.3, -0.25) is 9.59 Å². The second-order valence-electron chi connectivity index (χ2n) is 6.78. The van der Waals surface area contributed by atoms with Crippen LogP contribution < -0.4 is 5.32 Å². The summed E-state index contributed by atoms with van der Waals surface area (Å²) in [5.74, 6) is -1.63. The maximum Gasteiger partial charge on any atom is 0.311 e. The number of benzene rings is 1. The van der Waals surface area contributed by atoms with Gasteiger partial charge in [-0.1, -0.05) is 25.3 Å². The molecule has 0 atom stereocenters. The van der Waals surface area contributed by atoms with Gasteiger partial charge in [0.25, 0.3) is 5.91 Å². The van der Waals surface area contributed by atoms with Crippen molar-refractivity contribution in [1.82, 2.24) is 5.32 Å². The highest BCUT2D eigenvalue weighted by molar-refractivity contribution is 7.21. The van der Waals surface area contributed by atoms with E-state index < -0.39 is 11.4 Å². The Labute approximate surface area is 155 Å². The number of ether oxygens (including phenoxy) is 1. The van der Waals surface area contributed by atoms with Crippen LogP contribution in [-0.4, -0.2) is 30.6 Å². The Morgan fingerprint density at radius 3 is 2.69 bits per heavy atom. The number of carboxylic acid groups (broad SMARTS) is 1. The molecule has 2 aromatic rings. The third-order valence-electron chi connectivity index (χ3n) is 5.11. The van der Waals surface area contributed by atoms with E-state index in [9.17, 15) is 19.1 Å². The van der Waals surface area contributed by atoms with E-state index in [2.05, 4.69) is 5.32 Å². The first-order chi connectivity index (χ1) is 12.5. The first-order valence-corrected chi connectivity index (χ1v) is 9.50. The molecule has 3 rings (SSSR count). The number of hydrogen-bond donors (Lipinski definition) is 2. The number of nitrogens with one attached hydrogen (secondary N) is 1. The van der Waals surface area contributed by atoms with Crippen LogP contribution in [0.15, 0.2) is 18.2 Å². The zero-order valence-electron chi connectivity index (χ0n) is 14.6. The highest BCUT2D eigenvalue weighted by Crippen LogP contribution is 2.37. The van der Waals surface area contributed by atoms with E-state index in [0.717, 1.165) is 19.3 Å². The van der Waals surface area contributed by atoms with Gasteiger partial charge >= 0.3 is 5.97 Å². The van der Waals surface area contributed by atoms with Gasteiger partial charge < -0.3 is 15.2 Å². The summed E-state index contributed by atoms with van der Waals surface area (Å²) in [4.78, 5) is 24.9.